The number of aromatic nitrogens is 2. The van der Waals surface area contributed by atoms with Crippen LogP contribution in [0.5, 0.6) is 5.75 Å². The van der Waals surface area contributed by atoms with Crippen LogP contribution in [0, 0.1) is 0 Å². The van der Waals surface area contributed by atoms with Crippen LogP contribution in [0.4, 0.5) is 18.9 Å². The van der Waals surface area contributed by atoms with Crippen molar-refractivity contribution >= 4 is 23.2 Å². The summed E-state index contributed by atoms with van der Waals surface area (Å²) in [6.45, 7) is 0.283. The van der Waals surface area contributed by atoms with E-state index < -0.39 is 11.7 Å². The van der Waals surface area contributed by atoms with E-state index in [0.29, 0.717) is 16.5 Å². The molecular weight excluding hydrogens is 423 g/mol. The Labute approximate surface area is 174 Å². The Hall–Kier alpha value is -3.07. The summed E-state index contributed by atoms with van der Waals surface area (Å²) in [6.07, 6.45) is -4.34. The van der Waals surface area contributed by atoms with Crippen molar-refractivity contribution in [2.75, 3.05) is 18.6 Å². The zero-order valence-electron chi connectivity index (χ0n) is 15.6. The first-order chi connectivity index (χ1) is 14.3. The SMILES string of the molecule is COc1ccc(N2CC(c3nc(-c4cccc(C(F)(F)F)c4)no3)CC2=O)cc1Cl. The Morgan fingerprint density at radius 3 is 2.73 bits per heavy atom. The van der Waals surface area contributed by atoms with Gasteiger partial charge in [0.25, 0.3) is 0 Å². The van der Waals surface area contributed by atoms with Crippen LogP contribution < -0.4 is 9.64 Å². The molecule has 2 heterocycles. The summed E-state index contributed by atoms with van der Waals surface area (Å²) in [5, 5.41) is 4.16. The molecule has 1 aliphatic rings. The van der Waals surface area contributed by atoms with Crippen LogP contribution in [0.1, 0.15) is 23.8 Å². The smallest absolute Gasteiger partial charge is 0.416 e. The lowest BCUT2D eigenvalue weighted by Gasteiger charge is -2.17. The molecule has 0 spiro atoms. The molecule has 10 heteroatoms. The molecule has 1 saturated heterocycles. The second kappa shape index (κ2) is 7.64. The summed E-state index contributed by atoms with van der Waals surface area (Å²) in [5.74, 6) is 0.184. The average molecular weight is 438 g/mol. The van der Waals surface area contributed by atoms with Gasteiger partial charge < -0.3 is 14.2 Å². The first kappa shape index (κ1) is 20.2. The number of methoxy groups -OCH3 is 1. The molecule has 1 atom stereocenters. The highest BCUT2D eigenvalue weighted by Crippen LogP contribution is 2.36. The maximum Gasteiger partial charge on any atom is 0.416 e. The van der Waals surface area contributed by atoms with Crippen LogP contribution in [-0.2, 0) is 11.0 Å². The molecule has 0 bridgehead atoms. The lowest BCUT2D eigenvalue weighted by atomic mass is 10.1. The van der Waals surface area contributed by atoms with Crippen LogP contribution in [0.25, 0.3) is 11.4 Å². The lowest BCUT2D eigenvalue weighted by molar-refractivity contribution is -0.137. The van der Waals surface area contributed by atoms with Gasteiger partial charge in [0.05, 0.1) is 23.6 Å². The zero-order valence-corrected chi connectivity index (χ0v) is 16.4. The Bertz CT molecular complexity index is 1100. The number of ether oxygens (including phenoxy) is 1. The maximum atomic E-state index is 12.9. The van der Waals surface area contributed by atoms with E-state index in [9.17, 15) is 18.0 Å². The van der Waals surface area contributed by atoms with Gasteiger partial charge >= 0.3 is 6.18 Å². The van der Waals surface area contributed by atoms with Crippen LogP contribution in [-0.4, -0.2) is 29.7 Å². The molecular formula is C20H15ClF3N3O3. The minimum atomic E-state index is -4.47. The van der Waals surface area contributed by atoms with Crippen molar-refractivity contribution in [2.45, 2.75) is 18.5 Å². The summed E-state index contributed by atoms with van der Waals surface area (Å²) in [6, 6.07) is 9.68. The van der Waals surface area contributed by atoms with Crippen molar-refractivity contribution in [3.63, 3.8) is 0 Å². The summed E-state index contributed by atoms with van der Waals surface area (Å²) < 4.78 is 49.2. The number of anilines is 1. The Kier molecular flexibility index (Phi) is 5.15. The van der Waals surface area contributed by atoms with Crippen LogP contribution >= 0.6 is 11.6 Å². The Balaban J connectivity index is 1.55. The number of hydrogen-bond donors (Lipinski definition) is 0. The van der Waals surface area contributed by atoms with Gasteiger partial charge in [0.1, 0.15) is 5.75 Å². The fourth-order valence-electron chi connectivity index (χ4n) is 3.30. The minimum Gasteiger partial charge on any atom is -0.495 e. The van der Waals surface area contributed by atoms with E-state index in [0.717, 1.165) is 12.1 Å². The number of amides is 1. The zero-order chi connectivity index (χ0) is 21.5. The van der Waals surface area contributed by atoms with Gasteiger partial charge in [-0.15, -0.1) is 0 Å². The summed E-state index contributed by atoms with van der Waals surface area (Å²) in [4.78, 5) is 18.3. The Morgan fingerprint density at radius 2 is 2.03 bits per heavy atom. The van der Waals surface area contributed by atoms with Gasteiger partial charge in [0.15, 0.2) is 0 Å². The van der Waals surface area contributed by atoms with E-state index in [2.05, 4.69) is 10.1 Å². The molecule has 6 nitrogen and oxygen atoms in total. The molecule has 1 amide bonds. The van der Waals surface area contributed by atoms with Crippen molar-refractivity contribution in [1.82, 2.24) is 10.1 Å². The van der Waals surface area contributed by atoms with Gasteiger partial charge in [-0.05, 0) is 30.3 Å². The van der Waals surface area contributed by atoms with Crippen LogP contribution in [0.2, 0.25) is 5.02 Å². The topological polar surface area (TPSA) is 68.5 Å². The van der Waals surface area contributed by atoms with Crippen LogP contribution in [0.15, 0.2) is 47.0 Å². The van der Waals surface area contributed by atoms with E-state index in [1.54, 1.807) is 23.1 Å². The van der Waals surface area contributed by atoms with E-state index in [4.69, 9.17) is 20.9 Å². The quantitative estimate of drug-likeness (QED) is 0.578. The van der Waals surface area contributed by atoms with Crippen molar-refractivity contribution in [2.24, 2.45) is 0 Å². The number of halogens is 4. The minimum absolute atomic E-state index is 0.0366. The molecule has 0 N–H and O–H groups in total. The first-order valence-corrected chi connectivity index (χ1v) is 9.29. The fourth-order valence-corrected chi connectivity index (χ4v) is 3.55. The lowest BCUT2D eigenvalue weighted by Crippen LogP contribution is -2.24. The third-order valence-corrected chi connectivity index (χ3v) is 5.11. The molecule has 1 aliphatic heterocycles. The molecule has 3 aromatic rings. The highest BCUT2D eigenvalue weighted by Gasteiger charge is 2.36. The molecule has 4 rings (SSSR count). The van der Waals surface area contributed by atoms with Crippen molar-refractivity contribution in [1.29, 1.82) is 0 Å². The van der Waals surface area contributed by atoms with E-state index in [1.807, 2.05) is 0 Å². The molecule has 1 aromatic heterocycles. The van der Waals surface area contributed by atoms with E-state index >= 15 is 0 Å². The van der Waals surface area contributed by atoms with Gasteiger partial charge in [0, 0.05) is 24.2 Å². The van der Waals surface area contributed by atoms with Gasteiger partial charge in [0.2, 0.25) is 17.6 Å². The largest absolute Gasteiger partial charge is 0.495 e. The summed E-state index contributed by atoms with van der Waals surface area (Å²) in [5.41, 5.74) is -0.0150. The molecule has 0 aliphatic carbocycles. The molecule has 2 aromatic carbocycles. The number of hydrogen-bond acceptors (Lipinski definition) is 5. The monoisotopic (exact) mass is 437 g/mol. The molecule has 1 fully saturated rings. The van der Waals surface area contributed by atoms with Crippen molar-refractivity contribution in [3.05, 3.63) is 58.9 Å². The van der Waals surface area contributed by atoms with Crippen molar-refractivity contribution < 1.29 is 27.2 Å². The molecule has 0 radical (unpaired) electrons. The third-order valence-electron chi connectivity index (χ3n) is 4.81. The second-order valence-electron chi connectivity index (χ2n) is 6.76. The van der Waals surface area contributed by atoms with Gasteiger partial charge in [-0.1, -0.05) is 28.9 Å². The normalized spacial score (nSPS) is 16.9. The average Bonchev–Trinajstić information content (AvgIpc) is 3.34. The fraction of sp³-hybridized carbons (Fsp3) is 0.250. The van der Waals surface area contributed by atoms with E-state index in [-0.39, 0.29) is 42.1 Å². The van der Waals surface area contributed by atoms with Gasteiger partial charge in [-0.3, -0.25) is 4.79 Å². The predicted molar refractivity (Wildman–Crippen MR) is 102 cm³/mol. The first-order valence-electron chi connectivity index (χ1n) is 8.91. The number of nitrogens with zero attached hydrogens (tertiary/aromatic N) is 3. The summed E-state index contributed by atoms with van der Waals surface area (Å²) >= 11 is 6.14. The standard InChI is InChI=1S/C20H15ClF3N3O3/c1-29-16-6-5-14(9-15(16)21)27-10-12(8-17(27)28)19-25-18(26-30-19)11-3-2-4-13(7-11)20(22,23)24/h2-7,9,12H,8,10H2,1H3. The number of carbonyl (C=O) groups excluding carboxylic acids is 1. The molecule has 30 heavy (non-hydrogen) atoms. The molecule has 156 valence electrons. The third kappa shape index (κ3) is 3.85. The molecule has 1 unspecified atom stereocenters. The number of carbonyl (C=O) groups is 1. The highest BCUT2D eigenvalue weighted by atomic mass is 35.5. The van der Waals surface area contributed by atoms with Gasteiger partial charge in [-0.25, -0.2) is 0 Å². The maximum absolute atomic E-state index is 12.9. The number of benzene rings is 2. The Morgan fingerprint density at radius 1 is 1.23 bits per heavy atom. The second-order valence-corrected chi connectivity index (χ2v) is 7.17. The number of alkyl halides is 3. The van der Waals surface area contributed by atoms with Crippen LogP contribution in [0.3, 0.4) is 0 Å². The van der Waals surface area contributed by atoms with Crippen molar-refractivity contribution in [3.8, 4) is 17.1 Å². The number of rotatable bonds is 4. The van der Waals surface area contributed by atoms with Gasteiger partial charge in [-0.2, -0.15) is 18.2 Å². The predicted octanol–water partition coefficient (Wildman–Crippen LogP) is 4.94. The highest BCUT2D eigenvalue weighted by molar-refractivity contribution is 6.32. The molecule has 0 saturated carbocycles. The summed E-state index contributed by atoms with van der Waals surface area (Å²) in [7, 11) is 1.50. The van der Waals surface area contributed by atoms with E-state index in [1.165, 1.54) is 19.2 Å².